The van der Waals surface area contributed by atoms with Gasteiger partial charge in [-0.15, -0.1) is 0 Å². The fourth-order valence-electron chi connectivity index (χ4n) is 4.36. The van der Waals surface area contributed by atoms with Crippen molar-refractivity contribution in [1.82, 2.24) is 0 Å². The molecule has 6 heteroatoms. The van der Waals surface area contributed by atoms with Crippen molar-refractivity contribution in [3.8, 4) is 5.75 Å². The Labute approximate surface area is 143 Å². The van der Waals surface area contributed by atoms with Crippen LogP contribution in [-0.4, -0.2) is 21.6 Å². The van der Waals surface area contributed by atoms with E-state index in [9.17, 15) is 24.2 Å². The molecule has 2 aliphatic rings. The summed E-state index contributed by atoms with van der Waals surface area (Å²) in [6.07, 6.45) is 5.36. The minimum absolute atomic E-state index is 0.0585. The molecule has 4 rings (SSSR count). The molecule has 1 aromatic heterocycles. The van der Waals surface area contributed by atoms with Crippen LogP contribution in [0.5, 0.6) is 5.75 Å². The molecule has 1 spiro atoms. The summed E-state index contributed by atoms with van der Waals surface area (Å²) >= 11 is 0. The number of carbonyl (C=O) groups is 1. The molecule has 2 fully saturated rings. The summed E-state index contributed by atoms with van der Waals surface area (Å²) in [5.74, 6) is -1.87. The molecule has 0 atom stereocenters. The van der Waals surface area contributed by atoms with Gasteiger partial charge in [0.25, 0.3) is 0 Å². The zero-order valence-corrected chi connectivity index (χ0v) is 13.7. The van der Waals surface area contributed by atoms with Crippen LogP contribution in [0.25, 0.3) is 11.0 Å². The van der Waals surface area contributed by atoms with Gasteiger partial charge in [-0.2, -0.15) is 0 Å². The van der Waals surface area contributed by atoms with Crippen molar-refractivity contribution >= 4 is 16.8 Å². The lowest BCUT2D eigenvalue weighted by atomic mass is 9.49. The molecule has 0 saturated heterocycles. The van der Waals surface area contributed by atoms with Crippen LogP contribution in [0.15, 0.2) is 27.4 Å². The Morgan fingerprint density at radius 1 is 1.24 bits per heavy atom. The average molecular weight is 346 g/mol. The SMILES string of the molecule is O=C(CCC1(O)CC2(CCC2)C1)c1cc(=O)c2cc(F)cc(O)c2o1. The zero-order chi connectivity index (χ0) is 17.8. The van der Waals surface area contributed by atoms with Crippen molar-refractivity contribution in [2.24, 2.45) is 5.41 Å². The molecule has 0 aliphatic heterocycles. The lowest BCUT2D eigenvalue weighted by Crippen LogP contribution is -2.55. The Morgan fingerprint density at radius 3 is 2.60 bits per heavy atom. The molecule has 25 heavy (non-hydrogen) atoms. The Bertz CT molecular complexity index is 917. The molecule has 5 nitrogen and oxygen atoms in total. The Morgan fingerprint density at radius 2 is 1.96 bits per heavy atom. The molecule has 2 aromatic rings. The number of halogens is 1. The van der Waals surface area contributed by atoms with E-state index in [1.807, 2.05) is 0 Å². The average Bonchev–Trinajstić information content (AvgIpc) is 2.49. The third-order valence-electron chi connectivity index (χ3n) is 5.69. The van der Waals surface area contributed by atoms with E-state index in [-0.39, 0.29) is 23.2 Å². The number of hydrogen-bond acceptors (Lipinski definition) is 5. The number of carbonyl (C=O) groups excluding carboxylic acids is 1. The summed E-state index contributed by atoms with van der Waals surface area (Å²) in [5.41, 5.74) is -1.30. The van der Waals surface area contributed by atoms with Crippen molar-refractivity contribution in [3.05, 3.63) is 40.0 Å². The van der Waals surface area contributed by atoms with Crippen LogP contribution in [0, 0.1) is 11.2 Å². The van der Waals surface area contributed by atoms with Gasteiger partial charge < -0.3 is 14.6 Å². The number of phenolic OH excluding ortho intramolecular Hbond substituents is 1. The van der Waals surface area contributed by atoms with E-state index in [1.165, 1.54) is 6.42 Å². The van der Waals surface area contributed by atoms with Gasteiger partial charge in [-0.25, -0.2) is 4.39 Å². The van der Waals surface area contributed by atoms with Crippen LogP contribution in [0.1, 0.15) is 55.5 Å². The minimum atomic E-state index is -0.807. The van der Waals surface area contributed by atoms with Crippen LogP contribution in [0.3, 0.4) is 0 Å². The van der Waals surface area contributed by atoms with E-state index in [1.54, 1.807) is 0 Å². The van der Waals surface area contributed by atoms with E-state index in [2.05, 4.69) is 0 Å². The first-order valence-corrected chi connectivity index (χ1v) is 8.51. The summed E-state index contributed by atoms with van der Waals surface area (Å²) in [6, 6.07) is 2.81. The Hall–Kier alpha value is -2.21. The van der Waals surface area contributed by atoms with Crippen LogP contribution >= 0.6 is 0 Å². The highest BCUT2D eigenvalue weighted by molar-refractivity contribution is 5.95. The second-order valence-corrected chi connectivity index (χ2v) is 7.63. The third kappa shape index (κ3) is 2.74. The summed E-state index contributed by atoms with van der Waals surface area (Å²) in [7, 11) is 0. The maximum atomic E-state index is 13.3. The third-order valence-corrected chi connectivity index (χ3v) is 5.69. The molecule has 2 N–H and O–H groups in total. The van der Waals surface area contributed by atoms with Crippen LogP contribution in [-0.2, 0) is 0 Å². The molecule has 2 saturated carbocycles. The molecular weight excluding hydrogens is 327 g/mol. The van der Waals surface area contributed by atoms with Gasteiger partial charge in [0, 0.05) is 18.6 Å². The van der Waals surface area contributed by atoms with Gasteiger partial charge in [0.05, 0.1) is 11.0 Å². The monoisotopic (exact) mass is 346 g/mol. The number of phenols is 1. The molecule has 2 aliphatic carbocycles. The number of Topliss-reactive ketones (excluding diaryl/α,β-unsaturated/α-hetero) is 1. The molecule has 132 valence electrons. The van der Waals surface area contributed by atoms with Gasteiger partial charge in [-0.05, 0) is 43.6 Å². The number of benzene rings is 1. The van der Waals surface area contributed by atoms with E-state index in [0.29, 0.717) is 11.8 Å². The first-order valence-electron chi connectivity index (χ1n) is 8.51. The first kappa shape index (κ1) is 16.3. The van der Waals surface area contributed by atoms with Gasteiger partial charge in [0.2, 0.25) is 0 Å². The van der Waals surface area contributed by atoms with E-state index in [4.69, 9.17) is 4.42 Å². The summed E-state index contributed by atoms with van der Waals surface area (Å²) in [6.45, 7) is 0. The fourth-order valence-corrected chi connectivity index (χ4v) is 4.36. The summed E-state index contributed by atoms with van der Waals surface area (Å²) < 4.78 is 18.6. The van der Waals surface area contributed by atoms with Crippen molar-refractivity contribution in [2.75, 3.05) is 0 Å². The van der Waals surface area contributed by atoms with Crippen LogP contribution < -0.4 is 5.43 Å². The largest absolute Gasteiger partial charge is 0.504 e. The number of rotatable bonds is 4. The summed E-state index contributed by atoms with van der Waals surface area (Å²) in [4.78, 5) is 24.4. The maximum Gasteiger partial charge on any atom is 0.198 e. The maximum absolute atomic E-state index is 13.3. The number of aliphatic hydroxyl groups is 1. The van der Waals surface area contributed by atoms with Gasteiger partial charge >= 0.3 is 0 Å². The Kier molecular flexibility index (Phi) is 3.51. The van der Waals surface area contributed by atoms with Crippen LogP contribution in [0.4, 0.5) is 4.39 Å². The lowest BCUT2D eigenvalue weighted by Gasteiger charge is -2.59. The molecule has 1 heterocycles. The van der Waals surface area contributed by atoms with E-state index >= 15 is 0 Å². The molecule has 0 unspecified atom stereocenters. The predicted octanol–water partition coefficient (Wildman–Crippen LogP) is 3.30. The number of aromatic hydroxyl groups is 1. The van der Waals surface area contributed by atoms with Crippen LogP contribution in [0.2, 0.25) is 0 Å². The fraction of sp³-hybridized carbons (Fsp3) is 0.474. The highest BCUT2D eigenvalue weighted by atomic mass is 19.1. The highest BCUT2D eigenvalue weighted by Crippen LogP contribution is 2.61. The normalized spacial score (nSPS) is 20.2. The van der Waals surface area contributed by atoms with Crippen molar-refractivity contribution in [3.63, 3.8) is 0 Å². The second-order valence-electron chi connectivity index (χ2n) is 7.63. The van der Waals surface area contributed by atoms with E-state index < -0.39 is 28.4 Å². The van der Waals surface area contributed by atoms with E-state index in [0.717, 1.165) is 43.9 Å². The van der Waals surface area contributed by atoms with Crippen molar-refractivity contribution in [2.45, 2.75) is 50.5 Å². The quantitative estimate of drug-likeness (QED) is 0.830. The number of ketones is 1. The van der Waals surface area contributed by atoms with Crippen molar-refractivity contribution < 1.29 is 23.8 Å². The predicted molar refractivity (Wildman–Crippen MR) is 88.1 cm³/mol. The zero-order valence-electron chi connectivity index (χ0n) is 13.7. The molecule has 0 bridgehead atoms. The highest BCUT2D eigenvalue weighted by Gasteiger charge is 2.55. The smallest absolute Gasteiger partial charge is 0.198 e. The molecule has 0 amide bonds. The Balaban J connectivity index is 1.51. The second kappa shape index (κ2) is 5.39. The van der Waals surface area contributed by atoms with Gasteiger partial charge in [-0.1, -0.05) is 6.42 Å². The molecule has 0 radical (unpaired) electrons. The van der Waals surface area contributed by atoms with Gasteiger partial charge in [-0.3, -0.25) is 9.59 Å². The molecular formula is C19H19FO5. The minimum Gasteiger partial charge on any atom is -0.504 e. The molecule has 1 aromatic carbocycles. The number of hydrogen-bond donors (Lipinski definition) is 2. The first-order chi connectivity index (χ1) is 11.8. The lowest BCUT2D eigenvalue weighted by molar-refractivity contribution is -0.165. The van der Waals surface area contributed by atoms with Gasteiger partial charge in [0.15, 0.2) is 28.3 Å². The van der Waals surface area contributed by atoms with Gasteiger partial charge in [0.1, 0.15) is 5.82 Å². The topological polar surface area (TPSA) is 87.7 Å². The van der Waals surface area contributed by atoms with Crippen molar-refractivity contribution in [1.29, 1.82) is 0 Å². The number of fused-ring (bicyclic) bond motifs is 1. The summed E-state index contributed by atoms with van der Waals surface area (Å²) in [5, 5.41) is 20.1. The standard InChI is InChI=1S/C19H19FO5/c20-11-6-12-14(22)8-16(25-17(12)15(23)7-11)13(21)2-5-19(24)9-18(10-19)3-1-4-18/h6-8,23-24H,1-5,9-10H2.